The highest BCUT2D eigenvalue weighted by Crippen LogP contribution is 2.39. The van der Waals surface area contributed by atoms with E-state index in [1.807, 2.05) is 30.5 Å². The van der Waals surface area contributed by atoms with Gasteiger partial charge >= 0.3 is 0 Å². The molecule has 20 heavy (non-hydrogen) atoms. The average molecular weight is 264 g/mol. The Morgan fingerprint density at radius 1 is 0.950 bits per heavy atom. The van der Waals surface area contributed by atoms with Gasteiger partial charge in [0.05, 0.1) is 18.8 Å². The summed E-state index contributed by atoms with van der Waals surface area (Å²) in [6.45, 7) is 1.00. The Kier molecular flexibility index (Phi) is 2.78. The summed E-state index contributed by atoms with van der Waals surface area (Å²) in [5, 5.41) is 6.61. The van der Waals surface area contributed by atoms with Gasteiger partial charge in [-0.1, -0.05) is 60.7 Å². The van der Waals surface area contributed by atoms with Gasteiger partial charge in [0.25, 0.3) is 0 Å². The zero-order chi connectivity index (χ0) is 13.4. The highest BCUT2D eigenvalue weighted by Gasteiger charge is 2.40. The Hall–Kier alpha value is -2.13. The Morgan fingerprint density at radius 3 is 2.30 bits per heavy atom. The third-order valence-electron chi connectivity index (χ3n) is 3.79. The van der Waals surface area contributed by atoms with E-state index in [0.717, 1.165) is 6.54 Å². The Labute approximate surface area is 118 Å². The van der Waals surface area contributed by atoms with Crippen LogP contribution in [-0.2, 0) is 4.74 Å². The first-order chi connectivity index (χ1) is 9.92. The predicted molar refractivity (Wildman–Crippen MR) is 78.4 cm³/mol. The highest BCUT2D eigenvalue weighted by molar-refractivity contribution is 5.67. The van der Waals surface area contributed by atoms with Crippen LogP contribution in [0, 0.1) is 0 Å². The van der Waals surface area contributed by atoms with Crippen molar-refractivity contribution in [3.05, 3.63) is 71.8 Å². The molecule has 3 unspecified atom stereocenters. The molecule has 2 aromatic carbocycles. The lowest BCUT2D eigenvalue weighted by Crippen LogP contribution is -1.94. The molecule has 4 rings (SSSR count). The zero-order valence-electron chi connectivity index (χ0n) is 11.1. The van der Waals surface area contributed by atoms with Gasteiger partial charge in [0, 0.05) is 0 Å². The number of nitrogens with zero attached hydrogens (tertiary/aromatic N) is 2. The molecule has 0 aromatic heterocycles. The smallest absolute Gasteiger partial charge is 0.126 e. The molecule has 2 aromatic rings. The maximum atomic E-state index is 5.65. The maximum Gasteiger partial charge on any atom is 0.126 e. The van der Waals surface area contributed by atoms with E-state index in [-0.39, 0.29) is 12.2 Å². The quantitative estimate of drug-likeness (QED) is 0.626. The number of rotatable bonds is 4. The predicted octanol–water partition coefficient (Wildman–Crippen LogP) is 3.17. The number of hydrogen-bond acceptors (Lipinski definition) is 3. The van der Waals surface area contributed by atoms with Gasteiger partial charge in [-0.2, -0.15) is 5.10 Å². The molecular weight excluding hydrogens is 248 g/mol. The van der Waals surface area contributed by atoms with Gasteiger partial charge in [-0.05, 0) is 11.1 Å². The summed E-state index contributed by atoms with van der Waals surface area (Å²) in [5.74, 6) is 0. The minimum Gasteiger partial charge on any atom is -0.358 e. The van der Waals surface area contributed by atoms with Crippen molar-refractivity contribution in [1.82, 2.24) is 5.01 Å². The van der Waals surface area contributed by atoms with Crippen LogP contribution in [0.25, 0.3) is 0 Å². The SMILES string of the molecule is C(=N\N1CC1c1ccccc1)/C1OC1c1ccccc1. The monoisotopic (exact) mass is 264 g/mol. The average Bonchev–Trinajstić information content (AvgIpc) is 3.41. The van der Waals surface area contributed by atoms with Crippen LogP contribution in [-0.4, -0.2) is 23.9 Å². The van der Waals surface area contributed by atoms with Crippen molar-refractivity contribution in [3.8, 4) is 0 Å². The molecule has 2 aliphatic heterocycles. The first-order valence-corrected chi connectivity index (χ1v) is 6.98. The zero-order valence-corrected chi connectivity index (χ0v) is 11.1. The maximum absolute atomic E-state index is 5.65. The van der Waals surface area contributed by atoms with Crippen molar-refractivity contribution in [1.29, 1.82) is 0 Å². The summed E-state index contributed by atoms with van der Waals surface area (Å²) < 4.78 is 5.65. The molecule has 3 nitrogen and oxygen atoms in total. The molecule has 3 atom stereocenters. The Balaban J connectivity index is 1.34. The molecule has 100 valence electrons. The lowest BCUT2D eigenvalue weighted by atomic mass is 10.1. The van der Waals surface area contributed by atoms with Crippen LogP contribution < -0.4 is 0 Å². The van der Waals surface area contributed by atoms with Gasteiger partial charge in [-0.3, -0.25) is 5.01 Å². The van der Waals surface area contributed by atoms with Gasteiger partial charge in [0.15, 0.2) is 0 Å². The van der Waals surface area contributed by atoms with Crippen LogP contribution in [0.15, 0.2) is 65.8 Å². The van der Waals surface area contributed by atoms with E-state index in [1.165, 1.54) is 11.1 Å². The summed E-state index contributed by atoms with van der Waals surface area (Å²) >= 11 is 0. The number of epoxide rings is 1. The van der Waals surface area contributed by atoms with Crippen LogP contribution in [0.2, 0.25) is 0 Å². The lowest BCUT2D eigenvalue weighted by Gasteiger charge is -1.97. The van der Waals surface area contributed by atoms with Crippen LogP contribution in [0.1, 0.15) is 23.3 Å². The summed E-state index contributed by atoms with van der Waals surface area (Å²) in [7, 11) is 0. The molecule has 0 aliphatic carbocycles. The highest BCUT2D eigenvalue weighted by atomic mass is 16.6. The van der Waals surface area contributed by atoms with Crippen LogP contribution in [0.5, 0.6) is 0 Å². The fourth-order valence-corrected chi connectivity index (χ4v) is 2.51. The van der Waals surface area contributed by atoms with Gasteiger partial charge in [0.1, 0.15) is 12.2 Å². The third-order valence-corrected chi connectivity index (χ3v) is 3.79. The topological polar surface area (TPSA) is 27.9 Å². The van der Waals surface area contributed by atoms with E-state index in [4.69, 9.17) is 4.74 Å². The molecule has 3 heteroatoms. The first-order valence-electron chi connectivity index (χ1n) is 6.98. The summed E-state index contributed by atoms with van der Waals surface area (Å²) in [6.07, 6.45) is 2.25. The first kappa shape index (κ1) is 11.7. The molecule has 0 bridgehead atoms. The summed E-state index contributed by atoms with van der Waals surface area (Å²) in [5.41, 5.74) is 2.57. The van der Waals surface area contributed by atoms with Crippen molar-refractivity contribution in [2.24, 2.45) is 5.10 Å². The molecule has 0 amide bonds. The lowest BCUT2D eigenvalue weighted by molar-refractivity contribution is 0.400. The second-order valence-electron chi connectivity index (χ2n) is 5.25. The number of hydrazone groups is 1. The van der Waals surface area contributed by atoms with Crippen molar-refractivity contribution in [3.63, 3.8) is 0 Å². The van der Waals surface area contributed by atoms with E-state index >= 15 is 0 Å². The molecule has 2 heterocycles. The fraction of sp³-hybridized carbons (Fsp3) is 0.235. The standard InChI is InChI=1S/C17H16N2O/c1-3-7-13(8-4-1)15-12-19(15)18-11-16-17(20-16)14-9-5-2-6-10-14/h1-11,15-17H,12H2/b18-11+. The summed E-state index contributed by atoms with van der Waals surface area (Å²) in [6, 6.07) is 21.3. The normalized spacial score (nSPS) is 27.8. The van der Waals surface area contributed by atoms with Crippen molar-refractivity contribution >= 4 is 6.21 Å². The second kappa shape index (κ2) is 4.76. The number of ether oxygens (including phenoxy) is 1. The van der Waals surface area contributed by atoms with Gasteiger partial charge in [-0.25, -0.2) is 0 Å². The van der Waals surface area contributed by atoms with E-state index in [0.29, 0.717) is 6.04 Å². The van der Waals surface area contributed by atoms with Gasteiger partial charge in [-0.15, -0.1) is 0 Å². The van der Waals surface area contributed by atoms with E-state index in [2.05, 4.69) is 46.5 Å². The molecule has 0 spiro atoms. The van der Waals surface area contributed by atoms with Crippen LogP contribution in [0.3, 0.4) is 0 Å². The van der Waals surface area contributed by atoms with E-state index in [1.54, 1.807) is 0 Å². The van der Waals surface area contributed by atoms with Crippen molar-refractivity contribution < 1.29 is 4.74 Å². The molecular formula is C17H16N2O. The van der Waals surface area contributed by atoms with E-state index < -0.39 is 0 Å². The van der Waals surface area contributed by atoms with E-state index in [9.17, 15) is 0 Å². The molecule has 2 aliphatic rings. The van der Waals surface area contributed by atoms with Crippen molar-refractivity contribution in [2.75, 3.05) is 6.54 Å². The molecule has 0 radical (unpaired) electrons. The van der Waals surface area contributed by atoms with Gasteiger partial charge < -0.3 is 4.74 Å². The number of hydrogen-bond donors (Lipinski definition) is 0. The van der Waals surface area contributed by atoms with Crippen LogP contribution in [0.4, 0.5) is 0 Å². The number of benzene rings is 2. The fourth-order valence-electron chi connectivity index (χ4n) is 2.51. The largest absolute Gasteiger partial charge is 0.358 e. The minimum atomic E-state index is 0.134. The molecule has 0 N–H and O–H groups in total. The summed E-state index contributed by atoms with van der Waals surface area (Å²) in [4.78, 5) is 0. The molecule has 2 saturated heterocycles. The van der Waals surface area contributed by atoms with Crippen molar-refractivity contribution in [2.45, 2.75) is 18.2 Å². The Bertz CT molecular complexity index is 556. The molecule has 0 saturated carbocycles. The van der Waals surface area contributed by atoms with Gasteiger partial charge in [0.2, 0.25) is 0 Å². The minimum absolute atomic E-state index is 0.134. The Morgan fingerprint density at radius 2 is 1.60 bits per heavy atom. The second-order valence-corrected chi connectivity index (χ2v) is 5.25. The third kappa shape index (κ3) is 2.32. The molecule has 2 fully saturated rings. The van der Waals surface area contributed by atoms with Crippen LogP contribution >= 0.6 is 0 Å².